The van der Waals surface area contributed by atoms with Gasteiger partial charge in [0.2, 0.25) is 0 Å². The zero-order chi connectivity index (χ0) is 31.0. The highest BCUT2D eigenvalue weighted by atomic mass is 16.5. The van der Waals surface area contributed by atoms with E-state index in [0.29, 0.717) is 5.92 Å². The molecule has 1 aliphatic carbocycles. The molecule has 230 valence electrons. The smallest absolute Gasteiger partial charge is 0.335 e. The van der Waals surface area contributed by atoms with Crippen LogP contribution < -0.4 is 0 Å². The van der Waals surface area contributed by atoms with Gasteiger partial charge in [0.1, 0.15) is 13.2 Å². The van der Waals surface area contributed by atoms with E-state index in [-0.39, 0.29) is 31.0 Å². The summed E-state index contributed by atoms with van der Waals surface area (Å²) in [6, 6.07) is 16.2. The Kier molecular flexibility index (Phi) is 14.2. The summed E-state index contributed by atoms with van der Waals surface area (Å²) in [5, 5.41) is 9.15. The van der Waals surface area contributed by atoms with E-state index in [4.69, 9.17) is 19.3 Å². The van der Waals surface area contributed by atoms with E-state index in [1.54, 1.807) is 0 Å². The lowest BCUT2D eigenvalue weighted by Gasteiger charge is -2.29. The average Bonchev–Trinajstić information content (AvgIpc) is 3.04. The first-order valence-corrected chi connectivity index (χ1v) is 15.4. The number of hydrogen-bond donors (Lipinski definition) is 1. The fourth-order valence-corrected chi connectivity index (χ4v) is 5.38. The second kappa shape index (κ2) is 18.1. The molecule has 1 atom stereocenters. The van der Waals surface area contributed by atoms with Crippen LogP contribution in [0.3, 0.4) is 0 Å². The largest absolute Gasteiger partial charge is 0.461 e. The normalized spacial score (nSPS) is 16.8. The Hall–Kier alpha value is -3.66. The summed E-state index contributed by atoms with van der Waals surface area (Å²) in [4.78, 5) is 24.3. The Morgan fingerprint density at radius 3 is 1.95 bits per heavy atom. The van der Waals surface area contributed by atoms with Crippen molar-refractivity contribution < 1.29 is 28.9 Å². The van der Waals surface area contributed by atoms with Crippen LogP contribution in [0.25, 0.3) is 0 Å². The van der Waals surface area contributed by atoms with Gasteiger partial charge in [-0.25, -0.2) is 9.59 Å². The van der Waals surface area contributed by atoms with Crippen LogP contribution in [-0.4, -0.2) is 50.6 Å². The lowest BCUT2D eigenvalue weighted by atomic mass is 9.77. The van der Waals surface area contributed by atoms with Gasteiger partial charge in [-0.2, -0.15) is 0 Å². The molecule has 0 amide bonds. The highest BCUT2D eigenvalue weighted by molar-refractivity contribution is 5.88. The maximum atomic E-state index is 12.2. The summed E-state index contributed by atoms with van der Waals surface area (Å²) in [5.74, 6) is 6.32. The Balaban J connectivity index is 1.60. The summed E-state index contributed by atoms with van der Waals surface area (Å²) in [7, 11) is 1.47. The first-order valence-electron chi connectivity index (χ1n) is 15.4. The zero-order valence-corrected chi connectivity index (χ0v) is 25.7. The highest BCUT2D eigenvalue weighted by Gasteiger charge is 2.22. The molecule has 0 radical (unpaired) electrons. The summed E-state index contributed by atoms with van der Waals surface area (Å²) in [5.41, 5.74) is 4.18. The molecule has 0 aliphatic heterocycles. The summed E-state index contributed by atoms with van der Waals surface area (Å²) in [6.07, 6.45) is 10.7. The molecule has 3 rings (SSSR count). The van der Waals surface area contributed by atoms with Crippen molar-refractivity contribution in [1.82, 2.24) is 0 Å². The molecule has 0 spiro atoms. The van der Waals surface area contributed by atoms with Crippen LogP contribution in [0.5, 0.6) is 0 Å². The van der Waals surface area contributed by atoms with Crippen molar-refractivity contribution >= 4 is 11.9 Å². The Bertz CT molecular complexity index is 1260. The molecule has 1 N–H and O–H groups in total. The molecule has 0 heterocycles. The number of unbranched alkanes of at least 4 members (excludes halogenated alkanes) is 2. The van der Waals surface area contributed by atoms with Gasteiger partial charge in [-0.3, -0.25) is 0 Å². The average molecular weight is 587 g/mol. The number of hydrogen-bond acceptors (Lipinski definition) is 6. The van der Waals surface area contributed by atoms with Gasteiger partial charge < -0.3 is 19.3 Å². The van der Waals surface area contributed by atoms with Crippen LogP contribution in [0.15, 0.2) is 72.8 Å². The number of rotatable bonds is 15. The van der Waals surface area contributed by atoms with Gasteiger partial charge in [-0.15, -0.1) is 0 Å². The minimum absolute atomic E-state index is 0.0294. The third kappa shape index (κ3) is 11.2. The van der Waals surface area contributed by atoms with E-state index in [1.807, 2.05) is 24.3 Å². The number of ether oxygens (including phenoxy) is 3. The van der Waals surface area contributed by atoms with Crippen LogP contribution in [0.4, 0.5) is 0 Å². The summed E-state index contributed by atoms with van der Waals surface area (Å²) in [6.45, 7) is 8.91. The Labute approximate surface area is 257 Å². The minimum atomic E-state index is -0.703. The number of carbonyl (C=O) groups is 2. The lowest BCUT2D eigenvalue weighted by molar-refractivity contribution is -0.143. The maximum Gasteiger partial charge on any atom is 0.335 e. The molecule has 2 aromatic carbocycles. The first-order chi connectivity index (χ1) is 20.8. The van der Waals surface area contributed by atoms with E-state index in [0.717, 1.165) is 22.6 Å². The molecule has 0 bridgehead atoms. The minimum Gasteiger partial charge on any atom is -0.461 e. The highest BCUT2D eigenvalue weighted by Crippen LogP contribution is 2.37. The number of carbonyl (C=O) groups excluding carboxylic acids is 2. The molecule has 1 unspecified atom stereocenters. The third-order valence-corrected chi connectivity index (χ3v) is 8.10. The van der Waals surface area contributed by atoms with Gasteiger partial charge in [-0.05, 0) is 72.9 Å². The van der Waals surface area contributed by atoms with Gasteiger partial charge in [0.25, 0.3) is 0 Å². The van der Waals surface area contributed by atoms with Gasteiger partial charge in [0, 0.05) is 18.2 Å². The van der Waals surface area contributed by atoms with Crippen LogP contribution in [0.2, 0.25) is 0 Å². The van der Waals surface area contributed by atoms with E-state index in [9.17, 15) is 9.59 Å². The predicted octanol–water partition coefficient (Wildman–Crippen LogP) is 6.86. The predicted molar refractivity (Wildman–Crippen MR) is 170 cm³/mol. The van der Waals surface area contributed by atoms with E-state index in [2.05, 4.69) is 56.2 Å². The monoisotopic (exact) mass is 586 g/mol. The molecule has 6 nitrogen and oxygen atoms in total. The van der Waals surface area contributed by atoms with Gasteiger partial charge in [0.05, 0.1) is 30.3 Å². The van der Waals surface area contributed by atoms with Crippen LogP contribution in [0.1, 0.15) is 92.4 Å². The molecule has 2 aromatic rings. The fraction of sp³-hybridized carbons (Fsp3) is 0.459. The molecule has 43 heavy (non-hydrogen) atoms. The number of esters is 2. The third-order valence-electron chi connectivity index (χ3n) is 8.10. The van der Waals surface area contributed by atoms with Crippen molar-refractivity contribution in [1.29, 1.82) is 0 Å². The van der Waals surface area contributed by atoms with Crippen molar-refractivity contribution in [2.24, 2.45) is 5.92 Å². The molecular weight excluding hydrogens is 540 g/mol. The van der Waals surface area contributed by atoms with E-state index in [1.165, 1.54) is 64.0 Å². The molecular formula is C37H46O6. The van der Waals surface area contributed by atoms with Crippen LogP contribution >= 0.6 is 0 Å². The molecule has 0 aromatic heterocycles. The molecule has 1 saturated carbocycles. The Morgan fingerprint density at radius 2 is 1.42 bits per heavy atom. The second-order valence-corrected chi connectivity index (χ2v) is 11.4. The van der Waals surface area contributed by atoms with Gasteiger partial charge in [0.15, 0.2) is 0 Å². The number of aliphatic hydroxyl groups excluding tert-OH is 1. The standard InChI is InChI=1S/C37H46O6/c1-5-6-7-8-29-11-17-32(18-12-29)33-19-13-30(14-20-33)9-10-31-15-21-34(22-16-31)35(25-42-36(39)27(2)23-38)26-43-37(40)28(3)24-41-4/h13-16,19-22,29,32,35,38H,2-3,5-8,11-12,17-18,23-26H2,1,4H3. The van der Waals surface area contributed by atoms with Crippen LogP contribution in [-0.2, 0) is 23.8 Å². The van der Waals surface area contributed by atoms with Crippen molar-refractivity contribution in [2.45, 2.75) is 70.1 Å². The van der Waals surface area contributed by atoms with Gasteiger partial charge >= 0.3 is 11.9 Å². The summed E-state index contributed by atoms with van der Waals surface area (Å²) >= 11 is 0. The SMILES string of the molecule is C=C(CO)C(=O)OCC(COC(=O)C(=C)COC)c1ccc(C#Cc2ccc(C3CCC(CCCCC)CC3)cc2)cc1. The topological polar surface area (TPSA) is 82.1 Å². The van der Waals surface area contributed by atoms with E-state index < -0.39 is 24.5 Å². The van der Waals surface area contributed by atoms with Crippen molar-refractivity contribution in [3.8, 4) is 11.8 Å². The summed E-state index contributed by atoms with van der Waals surface area (Å²) < 4.78 is 15.6. The van der Waals surface area contributed by atoms with Crippen LogP contribution in [0, 0.1) is 17.8 Å². The first kappa shape index (κ1) is 33.8. The molecule has 1 fully saturated rings. The Morgan fingerprint density at radius 1 is 0.860 bits per heavy atom. The maximum absolute atomic E-state index is 12.2. The fourth-order valence-electron chi connectivity index (χ4n) is 5.38. The lowest BCUT2D eigenvalue weighted by Crippen LogP contribution is -2.21. The number of benzene rings is 2. The zero-order valence-electron chi connectivity index (χ0n) is 25.7. The molecule has 6 heteroatoms. The van der Waals surface area contributed by atoms with Gasteiger partial charge in [-0.1, -0.05) is 81.9 Å². The quantitative estimate of drug-likeness (QED) is 0.106. The molecule has 0 saturated heterocycles. The molecule has 1 aliphatic rings. The van der Waals surface area contributed by atoms with Crippen molar-refractivity contribution in [3.05, 3.63) is 95.1 Å². The second-order valence-electron chi connectivity index (χ2n) is 11.4. The number of methoxy groups -OCH3 is 1. The number of aliphatic hydroxyl groups is 1. The van der Waals surface area contributed by atoms with Crippen molar-refractivity contribution in [3.63, 3.8) is 0 Å². The van der Waals surface area contributed by atoms with E-state index >= 15 is 0 Å². The van der Waals surface area contributed by atoms with Crippen molar-refractivity contribution in [2.75, 3.05) is 33.5 Å².